The highest BCUT2D eigenvalue weighted by atomic mass is 35.5. The molecule has 0 radical (unpaired) electrons. The molecule has 3 aromatic rings. The van der Waals surface area contributed by atoms with Crippen LogP contribution in [0.1, 0.15) is 48.3 Å². The van der Waals surface area contributed by atoms with Gasteiger partial charge in [-0.05, 0) is 92.9 Å². The highest BCUT2D eigenvalue weighted by Gasteiger charge is 2.32. The van der Waals surface area contributed by atoms with Gasteiger partial charge in [-0.2, -0.15) is 0 Å². The van der Waals surface area contributed by atoms with Gasteiger partial charge >= 0.3 is 0 Å². The smallest absolute Gasteiger partial charge is 0.254 e. The molecule has 3 aromatic carbocycles. The molecule has 0 N–H and O–H groups in total. The second-order valence-corrected chi connectivity index (χ2v) is 9.04. The monoisotopic (exact) mass is 497 g/mol. The molecule has 0 saturated carbocycles. The number of benzene rings is 3. The molecule has 4 rings (SSSR count). The van der Waals surface area contributed by atoms with E-state index < -0.39 is 5.82 Å². The summed E-state index contributed by atoms with van der Waals surface area (Å²) in [7, 11) is 0. The van der Waals surface area contributed by atoms with E-state index in [2.05, 4.69) is 0 Å². The van der Waals surface area contributed by atoms with Crippen molar-refractivity contribution >= 4 is 17.5 Å². The number of rotatable bonds is 8. The number of hydrogen-bond donors (Lipinski definition) is 0. The van der Waals surface area contributed by atoms with Crippen LogP contribution in [-0.2, 0) is 6.42 Å². The molecule has 1 aliphatic heterocycles. The van der Waals surface area contributed by atoms with E-state index in [0.717, 1.165) is 22.6 Å². The van der Waals surface area contributed by atoms with Crippen LogP contribution in [0.15, 0.2) is 60.7 Å². The van der Waals surface area contributed by atoms with Crippen molar-refractivity contribution < 1.29 is 23.4 Å². The van der Waals surface area contributed by atoms with Crippen LogP contribution in [0.4, 0.5) is 4.39 Å². The van der Waals surface area contributed by atoms with Crippen molar-refractivity contribution in [2.24, 2.45) is 0 Å². The lowest BCUT2D eigenvalue weighted by molar-refractivity contribution is 0.0589. The molecule has 0 spiro atoms. The van der Waals surface area contributed by atoms with E-state index in [4.69, 9.17) is 25.8 Å². The third-order valence-electron chi connectivity index (χ3n) is 5.81. The SMILES string of the molecule is CCOc1ccc(OCC2c3ccc(OC(C)C)cc3CCN2C(=O)c2ccc(F)c(Cl)c2)cc1. The van der Waals surface area contributed by atoms with Crippen molar-refractivity contribution in [3.05, 3.63) is 88.2 Å². The van der Waals surface area contributed by atoms with E-state index in [-0.39, 0.29) is 29.7 Å². The van der Waals surface area contributed by atoms with Crippen molar-refractivity contribution in [3.63, 3.8) is 0 Å². The predicted molar refractivity (Wildman–Crippen MR) is 134 cm³/mol. The summed E-state index contributed by atoms with van der Waals surface area (Å²) in [6.45, 7) is 7.24. The zero-order valence-electron chi connectivity index (χ0n) is 20.1. The average Bonchev–Trinajstić information content (AvgIpc) is 2.84. The lowest BCUT2D eigenvalue weighted by atomic mass is 9.92. The topological polar surface area (TPSA) is 48.0 Å². The van der Waals surface area contributed by atoms with E-state index in [9.17, 15) is 9.18 Å². The summed E-state index contributed by atoms with van der Waals surface area (Å²) < 4.78 is 31.2. The zero-order chi connectivity index (χ0) is 24.9. The molecule has 7 heteroatoms. The molecule has 5 nitrogen and oxygen atoms in total. The van der Waals surface area contributed by atoms with Gasteiger partial charge in [0.1, 0.15) is 29.7 Å². The summed E-state index contributed by atoms with van der Waals surface area (Å²) in [6, 6.07) is 17.1. The van der Waals surface area contributed by atoms with Gasteiger partial charge in [0.05, 0.1) is 23.8 Å². The third kappa shape index (κ3) is 5.88. The second kappa shape index (κ2) is 11.0. The molecule has 184 valence electrons. The van der Waals surface area contributed by atoms with Crippen molar-refractivity contribution in [2.45, 2.75) is 39.3 Å². The van der Waals surface area contributed by atoms with Crippen molar-refractivity contribution in [3.8, 4) is 17.2 Å². The standard InChI is InChI=1S/C28H29ClFNO4/c1-4-33-21-6-8-22(9-7-21)34-17-27-24-11-10-23(35-18(2)3)15-19(24)13-14-31(27)28(32)20-5-12-26(30)25(29)16-20/h5-12,15-16,18,27H,4,13-14,17H2,1-3H3. The first-order chi connectivity index (χ1) is 16.9. The Morgan fingerprint density at radius 3 is 2.37 bits per heavy atom. The summed E-state index contributed by atoms with van der Waals surface area (Å²) in [5.41, 5.74) is 2.45. The minimum Gasteiger partial charge on any atom is -0.494 e. The molecular weight excluding hydrogens is 469 g/mol. The maximum atomic E-state index is 13.7. The van der Waals surface area contributed by atoms with Crippen LogP contribution in [0.3, 0.4) is 0 Å². The van der Waals surface area contributed by atoms with Gasteiger partial charge < -0.3 is 19.1 Å². The lowest BCUT2D eigenvalue weighted by Gasteiger charge is -2.37. The van der Waals surface area contributed by atoms with Gasteiger partial charge in [0, 0.05) is 12.1 Å². The first-order valence-electron chi connectivity index (χ1n) is 11.8. The molecule has 1 unspecified atom stereocenters. The first kappa shape index (κ1) is 24.9. The maximum absolute atomic E-state index is 13.7. The molecule has 0 aliphatic carbocycles. The molecule has 0 fully saturated rings. The number of halogens is 2. The number of amides is 1. The molecule has 1 amide bonds. The molecule has 1 aliphatic rings. The maximum Gasteiger partial charge on any atom is 0.254 e. The number of hydrogen-bond acceptors (Lipinski definition) is 4. The van der Waals surface area contributed by atoms with Gasteiger partial charge in [0.25, 0.3) is 5.91 Å². The quantitative estimate of drug-likeness (QED) is 0.357. The molecule has 1 atom stereocenters. The predicted octanol–water partition coefficient (Wildman–Crippen LogP) is 6.48. The lowest BCUT2D eigenvalue weighted by Crippen LogP contribution is -2.42. The number of fused-ring (bicyclic) bond motifs is 1. The Balaban J connectivity index is 1.62. The van der Waals surface area contributed by atoms with Gasteiger partial charge in [-0.3, -0.25) is 4.79 Å². The summed E-state index contributed by atoms with van der Waals surface area (Å²) in [5, 5.41) is -0.0778. The Morgan fingerprint density at radius 1 is 1.03 bits per heavy atom. The van der Waals surface area contributed by atoms with Crippen molar-refractivity contribution in [1.29, 1.82) is 0 Å². The highest BCUT2D eigenvalue weighted by Crippen LogP contribution is 2.34. The van der Waals surface area contributed by atoms with E-state index >= 15 is 0 Å². The van der Waals surface area contributed by atoms with Crippen LogP contribution in [0.2, 0.25) is 5.02 Å². The molecule has 0 saturated heterocycles. The third-order valence-corrected chi connectivity index (χ3v) is 6.10. The molecule has 0 aromatic heterocycles. The van der Waals surface area contributed by atoms with Crippen molar-refractivity contribution in [1.82, 2.24) is 4.90 Å². The Morgan fingerprint density at radius 2 is 1.71 bits per heavy atom. The number of carbonyl (C=O) groups is 1. The first-order valence-corrected chi connectivity index (χ1v) is 12.1. The molecule has 0 bridgehead atoms. The Hall–Kier alpha value is -3.25. The molecule has 35 heavy (non-hydrogen) atoms. The van der Waals surface area contributed by atoms with Crippen molar-refractivity contribution in [2.75, 3.05) is 19.8 Å². The van der Waals surface area contributed by atoms with Gasteiger partial charge in [0.15, 0.2) is 0 Å². The fourth-order valence-electron chi connectivity index (χ4n) is 4.23. The fourth-order valence-corrected chi connectivity index (χ4v) is 4.41. The van der Waals surface area contributed by atoms with E-state index in [1.54, 1.807) is 4.90 Å². The van der Waals surface area contributed by atoms with Crippen LogP contribution < -0.4 is 14.2 Å². The van der Waals surface area contributed by atoms with E-state index in [1.165, 1.54) is 18.2 Å². The zero-order valence-corrected chi connectivity index (χ0v) is 20.8. The Labute approximate surface area is 210 Å². The van der Waals surface area contributed by atoms with E-state index in [1.807, 2.05) is 63.2 Å². The molecule has 1 heterocycles. The van der Waals surface area contributed by atoms with Crippen LogP contribution in [-0.4, -0.2) is 36.7 Å². The normalized spacial score (nSPS) is 15.0. The van der Waals surface area contributed by atoms with Crippen LogP contribution in [0, 0.1) is 5.82 Å². The fraction of sp³-hybridized carbons (Fsp3) is 0.321. The van der Waals surface area contributed by atoms with Gasteiger partial charge in [-0.25, -0.2) is 4.39 Å². The Kier molecular flexibility index (Phi) is 7.81. The minimum atomic E-state index is -0.555. The second-order valence-electron chi connectivity index (χ2n) is 8.64. The summed E-state index contributed by atoms with van der Waals surface area (Å²) in [6.07, 6.45) is 0.738. The number of ether oxygens (including phenoxy) is 3. The van der Waals surface area contributed by atoms with E-state index in [0.29, 0.717) is 30.9 Å². The summed E-state index contributed by atoms with van der Waals surface area (Å²) in [5.74, 6) is 1.47. The summed E-state index contributed by atoms with van der Waals surface area (Å²) in [4.78, 5) is 15.2. The van der Waals surface area contributed by atoms with Gasteiger partial charge in [0.2, 0.25) is 0 Å². The van der Waals surface area contributed by atoms with Crippen LogP contribution in [0.25, 0.3) is 0 Å². The minimum absolute atomic E-state index is 0.0664. The summed E-state index contributed by atoms with van der Waals surface area (Å²) >= 11 is 5.95. The molecular formula is C28H29ClFNO4. The van der Waals surface area contributed by atoms with Gasteiger partial charge in [-0.15, -0.1) is 0 Å². The number of carbonyl (C=O) groups excluding carboxylic acids is 1. The highest BCUT2D eigenvalue weighted by molar-refractivity contribution is 6.31. The number of nitrogens with zero attached hydrogens (tertiary/aromatic N) is 1. The van der Waals surface area contributed by atoms with Gasteiger partial charge in [-0.1, -0.05) is 17.7 Å². The Bertz CT molecular complexity index is 1180. The average molecular weight is 498 g/mol. The largest absolute Gasteiger partial charge is 0.494 e. The van der Waals surface area contributed by atoms with Crippen LogP contribution in [0.5, 0.6) is 17.2 Å². The van der Waals surface area contributed by atoms with Crippen LogP contribution >= 0.6 is 11.6 Å².